The maximum Gasteiger partial charge on any atom is 0.277 e. The number of fused-ring (bicyclic) bond motifs is 1. The molecule has 0 aliphatic carbocycles. The monoisotopic (exact) mass is 346 g/mol. The molecular weight excluding hydrogens is 328 g/mol. The topological polar surface area (TPSA) is 67.3 Å². The standard InChI is InChI=1S/C20H18N4O2/c1-26-16-8-6-15(7-9-16)23-19-12-17(21-13-22-19)20(25)24-11-10-14-4-2-3-5-18(14)24/h2-9,12-13H,10-11H2,1H3,(H,21,22,23). The summed E-state index contributed by atoms with van der Waals surface area (Å²) in [6, 6.07) is 17.1. The maximum atomic E-state index is 12.9. The summed E-state index contributed by atoms with van der Waals surface area (Å²) in [6.45, 7) is 0.670. The van der Waals surface area contributed by atoms with E-state index in [0.29, 0.717) is 18.1 Å². The Kier molecular flexibility index (Phi) is 4.23. The van der Waals surface area contributed by atoms with Gasteiger partial charge in [-0.25, -0.2) is 9.97 Å². The fourth-order valence-corrected chi connectivity index (χ4v) is 3.05. The molecule has 2 aromatic carbocycles. The molecule has 1 N–H and O–H groups in total. The number of hydrogen-bond acceptors (Lipinski definition) is 5. The number of nitrogens with zero attached hydrogens (tertiary/aromatic N) is 3. The molecule has 0 saturated heterocycles. The zero-order chi connectivity index (χ0) is 17.9. The number of carbonyl (C=O) groups excluding carboxylic acids is 1. The van der Waals surface area contributed by atoms with Crippen LogP contribution in [0, 0.1) is 0 Å². The summed E-state index contributed by atoms with van der Waals surface area (Å²) in [5.74, 6) is 1.23. The number of carbonyl (C=O) groups is 1. The van der Waals surface area contributed by atoms with Crippen LogP contribution in [0.15, 0.2) is 60.9 Å². The van der Waals surface area contributed by atoms with Gasteiger partial charge in [0.1, 0.15) is 23.6 Å². The lowest BCUT2D eigenvalue weighted by Gasteiger charge is -2.17. The van der Waals surface area contributed by atoms with Gasteiger partial charge in [-0.15, -0.1) is 0 Å². The second-order valence-electron chi connectivity index (χ2n) is 5.98. The first-order valence-electron chi connectivity index (χ1n) is 8.37. The molecule has 0 atom stereocenters. The fourth-order valence-electron chi connectivity index (χ4n) is 3.05. The van der Waals surface area contributed by atoms with Gasteiger partial charge in [-0.2, -0.15) is 0 Å². The molecule has 0 saturated carbocycles. The average molecular weight is 346 g/mol. The van der Waals surface area contributed by atoms with Crippen LogP contribution in [0.3, 0.4) is 0 Å². The minimum absolute atomic E-state index is 0.116. The van der Waals surface area contributed by atoms with E-state index in [9.17, 15) is 4.79 Å². The quantitative estimate of drug-likeness (QED) is 0.784. The third-order valence-electron chi connectivity index (χ3n) is 4.38. The van der Waals surface area contributed by atoms with Crippen LogP contribution in [-0.2, 0) is 6.42 Å². The first-order chi connectivity index (χ1) is 12.7. The number of hydrogen-bond donors (Lipinski definition) is 1. The summed E-state index contributed by atoms with van der Waals surface area (Å²) < 4.78 is 5.15. The Balaban J connectivity index is 1.55. The van der Waals surface area contributed by atoms with E-state index in [0.717, 1.165) is 23.5 Å². The molecule has 26 heavy (non-hydrogen) atoms. The molecular formula is C20H18N4O2. The molecule has 1 aliphatic rings. The number of aromatic nitrogens is 2. The normalized spacial score (nSPS) is 12.6. The second kappa shape index (κ2) is 6.84. The van der Waals surface area contributed by atoms with Gasteiger partial charge < -0.3 is 15.0 Å². The molecule has 4 rings (SSSR count). The number of benzene rings is 2. The van der Waals surface area contributed by atoms with Crippen LogP contribution in [0.5, 0.6) is 5.75 Å². The number of rotatable bonds is 4. The molecule has 0 bridgehead atoms. The van der Waals surface area contributed by atoms with Crippen molar-refractivity contribution >= 4 is 23.1 Å². The highest BCUT2D eigenvalue weighted by atomic mass is 16.5. The van der Waals surface area contributed by atoms with Crippen LogP contribution in [0.2, 0.25) is 0 Å². The van der Waals surface area contributed by atoms with Gasteiger partial charge >= 0.3 is 0 Å². The first kappa shape index (κ1) is 16.1. The van der Waals surface area contributed by atoms with Gasteiger partial charge in [0.2, 0.25) is 0 Å². The second-order valence-corrected chi connectivity index (χ2v) is 5.98. The number of anilines is 3. The van der Waals surface area contributed by atoms with Crippen molar-refractivity contribution in [1.82, 2.24) is 9.97 Å². The maximum absolute atomic E-state index is 12.9. The van der Waals surface area contributed by atoms with Gasteiger partial charge in [-0.3, -0.25) is 4.79 Å². The summed E-state index contributed by atoms with van der Waals surface area (Å²) in [5, 5.41) is 3.18. The lowest BCUT2D eigenvalue weighted by Crippen LogP contribution is -2.29. The average Bonchev–Trinajstić information content (AvgIpc) is 3.12. The largest absolute Gasteiger partial charge is 0.497 e. The van der Waals surface area contributed by atoms with Crippen molar-refractivity contribution in [3.63, 3.8) is 0 Å². The Bertz CT molecular complexity index is 941. The highest BCUT2D eigenvalue weighted by molar-refractivity contribution is 6.06. The molecule has 0 unspecified atom stereocenters. The van der Waals surface area contributed by atoms with Gasteiger partial charge in [0, 0.05) is 24.0 Å². The zero-order valence-electron chi connectivity index (χ0n) is 14.3. The van der Waals surface area contributed by atoms with Crippen molar-refractivity contribution in [2.75, 3.05) is 23.9 Å². The first-order valence-corrected chi connectivity index (χ1v) is 8.37. The van der Waals surface area contributed by atoms with Crippen molar-refractivity contribution < 1.29 is 9.53 Å². The minimum atomic E-state index is -0.116. The van der Waals surface area contributed by atoms with Crippen molar-refractivity contribution in [2.24, 2.45) is 0 Å². The number of para-hydroxylation sites is 1. The van der Waals surface area contributed by atoms with E-state index >= 15 is 0 Å². The summed E-state index contributed by atoms with van der Waals surface area (Å²) in [5.41, 5.74) is 3.37. The Labute approximate surface area is 151 Å². The number of ether oxygens (including phenoxy) is 1. The minimum Gasteiger partial charge on any atom is -0.497 e. The van der Waals surface area contributed by atoms with Crippen LogP contribution < -0.4 is 15.0 Å². The fraction of sp³-hybridized carbons (Fsp3) is 0.150. The van der Waals surface area contributed by atoms with Crippen molar-refractivity contribution in [3.8, 4) is 5.75 Å². The molecule has 6 nitrogen and oxygen atoms in total. The summed E-state index contributed by atoms with van der Waals surface area (Å²) in [7, 11) is 1.63. The number of amides is 1. The predicted octanol–water partition coefficient (Wildman–Crippen LogP) is 3.43. The molecule has 0 spiro atoms. The van der Waals surface area contributed by atoms with Crippen LogP contribution in [-0.4, -0.2) is 29.5 Å². The summed E-state index contributed by atoms with van der Waals surface area (Å²) in [6.07, 6.45) is 2.27. The molecule has 0 fully saturated rings. The van der Waals surface area contributed by atoms with E-state index in [1.54, 1.807) is 18.1 Å². The smallest absolute Gasteiger partial charge is 0.277 e. The van der Waals surface area contributed by atoms with Gasteiger partial charge in [0.05, 0.1) is 7.11 Å². The number of nitrogens with one attached hydrogen (secondary N) is 1. The van der Waals surface area contributed by atoms with Crippen LogP contribution in [0.4, 0.5) is 17.2 Å². The molecule has 1 aromatic heterocycles. The van der Waals surface area contributed by atoms with Crippen LogP contribution >= 0.6 is 0 Å². The Morgan fingerprint density at radius 1 is 1.12 bits per heavy atom. The third kappa shape index (κ3) is 3.09. The molecule has 2 heterocycles. The lowest BCUT2D eigenvalue weighted by molar-refractivity contribution is 0.0984. The zero-order valence-corrected chi connectivity index (χ0v) is 14.3. The third-order valence-corrected chi connectivity index (χ3v) is 4.38. The molecule has 6 heteroatoms. The van der Waals surface area contributed by atoms with Crippen LogP contribution in [0.25, 0.3) is 0 Å². The van der Waals surface area contributed by atoms with Gasteiger partial charge in [0.15, 0.2) is 0 Å². The van der Waals surface area contributed by atoms with E-state index in [4.69, 9.17) is 4.74 Å². The summed E-state index contributed by atoms with van der Waals surface area (Å²) in [4.78, 5) is 23.0. The van der Waals surface area contributed by atoms with Crippen molar-refractivity contribution in [2.45, 2.75) is 6.42 Å². The van der Waals surface area contributed by atoms with Gasteiger partial charge in [-0.1, -0.05) is 18.2 Å². The van der Waals surface area contributed by atoms with E-state index in [1.165, 1.54) is 11.9 Å². The van der Waals surface area contributed by atoms with Gasteiger partial charge in [-0.05, 0) is 42.3 Å². The Morgan fingerprint density at radius 2 is 1.92 bits per heavy atom. The Hall–Kier alpha value is -3.41. The van der Waals surface area contributed by atoms with E-state index in [2.05, 4.69) is 21.4 Å². The van der Waals surface area contributed by atoms with E-state index in [1.807, 2.05) is 42.5 Å². The molecule has 0 radical (unpaired) electrons. The van der Waals surface area contributed by atoms with Crippen molar-refractivity contribution in [3.05, 3.63) is 72.2 Å². The molecule has 1 amide bonds. The molecule has 130 valence electrons. The van der Waals surface area contributed by atoms with Gasteiger partial charge in [0.25, 0.3) is 5.91 Å². The highest BCUT2D eigenvalue weighted by Gasteiger charge is 2.26. The van der Waals surface area contributed by atoms with E-state index in [-0.39, 0.29) is 5.91 Å². The predicted molar refractivity (Wildman–Crippen MR) is 100 cm³/mol. The highest BCUT2D eigenvalue weighted by Crippen LogP contribution is 2.29. The molecule has 3 aromatic rings. The van der Waals surface area contributed by atoms with Crippen LogP contribution in [0.1, 0.15) is 16.1 Å². The Morgan fingerprint density at radius 3 is 2.73 bits per heavy atom. The molecule has 1 aliphatic heterocycles. The van der Waals surface area contributed by atoms with Crippen molar-refractivity contribution in [1.29, 1.82) is 0 Å². The summed E-state index contributed by atoms with van der Waals surface area (Å²) >= 11 is 0. The SMILES string of the molecule is COc1ccc(Nc2cc(C(=O)N3CCc4ccccc43)ncn2)cc1. The lowest BCUT2D eigenvalue weighted by atomic mass is 10.2. The number of methoxy groups -OCH3 is 1. The van der Waals surface area contributed by atoms with E-state index < -0.39 is 0 Å².